The van der Waals surface area contributed by atoms with Crippen LogP contribution in [0.2, 0.25) is 0 Å². The second-order valence-corrected chi connectivity index (χ2v) is 10.7. The predicted octanol–water partition coefficient (Wildman–Crippen LogP) is 2.53. The summed E-state index contributed by atoms with van der Waals surface area (Å²) in [7, 11) is 0. The second kappa shape index (κ2) is 21.3. The summed E-state index contributed by atoms with van der Waals surface area (Å²) in [5, 5.41) is 6.54. The molecule has 0 aliphatic carbocycles. The number of fused-ring (bicyclic) bond motifs is 2. The molecule has 4 heterocycles. The minimum atomic E-state index is 0.199. The van der Waals surface area contributed by atoms with Crippen LogP contribution < -0.4 is 11.5 Å². The molecule has 0 bridgehead atoms. The van der Waals surface area contributed by atoms with Crippen LogP contribution in [0.1, 0.15) is 32.1 Å². The first-order valence-electron chi connectivity index (χ1n) is 16.3. The maximum atomic E-state index is 12.3. The number of aromatic nitrogens is 6. The van der Waals surface area contributed by atoms with Gasteiger partial charge in [0.1, 0.15) is 29.3 Å². The topological polar surface area (TPSA) is 197 Å². The lowest BCUT2D eigenvalue weighted by atomic mass is 10.1. The first-order chi connectivity index (χ1) is 23.2. The smallest absolute Gasteiger partial charge is 0.163 e. The molecule has 0 atom stereocenters. The van der Waals surface area contributed by atoms with E-state index in [0.29, 0.717) is 122 Å². The lowest BCUT2D eigenvalue weighted by Crippen LogP contribution is -2.15. The number of Topliss-reactive ketones (excluding diaryl/α,β-unsaturated/α-hetero) is 1. The zero-order valence-corrected chi connectivity index (χ0v) is 27.1. The third kappa shape index (κ3) is 12.5. The van der Waals surface area contributed by atoms with E-state index >= 15 is 0 Å². The number of nitrogens with zero attached hydrogens (tertiary/aromatic N) is 5. The molecule has 0 aliphatic heterocycles. The van der Waals surface area contributed by atoms with E-state index < -0.39 is 0 Å². The number of carbonyl (C=O) groups is 1. The fourth-order valence-corrected chi connectivity index (χ4v) is 4.81. The molecule has 0 amide bonds. The Labute approximate surface area is 274 Å². The molecule has 47 heavy (non-hydrogen) atoms. The zero-order valence-electron chi connectivity index (χ0n) is 27.1. The SMILES string of the molecule is NCCOCCOCCOCCOCCOCCOCCC(=O)CCCCCn1nc(-c2cnc3[nH]ccc3c2)c2c(N)ncnc21. The summed E-state index contributed by atoms with van der Waals surface area (Å²) < 4.78 is 34.4. The molecule has 15 nitrogen and oxygen atoms in total. The number of anilines is 1. The molecule has 4 aromatic rings. The Balaban J connectivity index is 0.981. The van der Waals surface area contributed by atoms with Gasteiger partial charge in [-0.1, -0.05) is 6.42 Å². The third-order valence-corrected chi connectivity index (χ3v) is 7.21. The summed E-state index contributed by atoms with van der Waals surface area (Å²) in [4.78, 5) is 28.5. The summed E-state index contributed by atoms with van der Waals surface area (Å²) in [5.74, 6) is 0.584. The van der Waals surface area contributed by atoms with Gasteiger partial charge in [0, 0.05) is 49.3 Å². The highest BCUT2D eigenvalue weighted by atomic mass is 16.6. The number of nitrogens with two attached hydrogens (primary N) is 2. The third-order valence-electron chi connectivity index (χ3n) is 7.21. The van der Waals surface area contributed by atoms with Crippen molar-refractivity contribution in [3.8, 4) is 11.3 Å². The van der Waals surface area contributed by atoms with E-state index in [-0.39, 0.29) is 5.78 Å². The minimum absolute atomic E-state index is 0.199. The van der Waals surface area contributed by atoms with Gasteiger partial charge in [-0.2, -0.15) is 5.10 Å². The van der Waals surface area contributed by atoms with Gasteiger partial charge in [0.15, 0.2) is 5.65 Å². The molecule has 0 spiro atoms. The van der Waals surface area contributed by atoms with Gasteiger partial charge in [-0.15, -0.1) is 0 Å². The standard InChI is InChI=1S/C32H48N8O7/c33-7-11-43-13-15-45-17-19-47-21-20-46-18-16-44-14-12-42-10-6-27(41)4-2-1-3-9-40-32-28(30(34)37-24-38-32)29(39-40)26-22-25-5-8-35-31(25)36-23-26/h5,8,22-24H,1-4,6-7,9-21,33H2,(H,35,36)(H2,34,37,38). The predicted molar refractivity (Wildman–Crippen MR) is 177 cm³/mol. The van der Waals surface area contributed by atoms with Gasteiger partial charge in [0.05, 0.1) is 84.7 Å². The number of carbonyl (C=O) groups excluding carboxylic acids is 1. The fraction of sp³-hybridized carbons (Fsp3) is 0.594. The number of nitrogens with one attached hydrogen (secondary N) is 1. The number of unbranched alkanes of at least 4 members (excludes halogenated alkanes) is 2. The lowest BCUT2D eigenvalue weighted by molar-refractivity contribution is -0.120. The number of ether oxygens (including phenoxy) is 6. The molecule has 0 aliphatic rings. The van der Waals surface area contributed by atoms with Gasteiger partial charge in [0.25, 0.3) is 0 Å². The van der Waals surface area contributed by atoms with Crippen LogP contribution in [0.25, 0.3) is 33.3 Å². The number of ketones is 1. The number of nitrogen functional groups attached to an aromatic ring is 1. The van der Waals surface area contributed by atoms with Crippen molar-refractivity contribution in [1.82, 2.24) is 29.7 Å². The van der Waals surface area contributed by atoms with Gasteiger partial charge in [-0.05, 0) is 25.0 Å². The Bertz CT molecular complexity index is 1460. The molecule has 4 aromatic heterocycles. The van der Waals surface area contributed by atoms with Gasteiger partial charge in [0.2, 0.25) is 0 Å². The molecular formula is C32H48N8O7. The van der Waals surface area contributed by atoms with Crippen molar-refractivity contribution in [2.75, 3.05) is 91.6 Å². The maximum Gasteiger partial charge on any atom is 0.163 e. The summed E-state index contributed by atoms with van der Waals surface area (Å²) >= 11 is 0. The Morgan fingerprint density at radius 3 is 2.06 bits per heavy atom. The molecule has 5 N–H and O–H groups in total. The molecule has 0 saturated carbocycles. The first kappa shape index (κ1) is 36.3. The molecule has 0 saturated heterocycles. The summed E-state index contributed by atoms with van der Waals surface area (Å²) in [5.41, 5.74) is 14.6. The van der Waals surface area contributed by atoms with E-state index in [2.05, 4.69) is 19.9 Å². The molecule has 4 rings (SSSR count). The minimum Gasteiger partial charge on any atom is -0.383 e. The van der Waals surface area contributed by atoms with Crippen molar-refractivity contribution in [2.24, 2.45) is 5.73 Å². The summed E-state index contributed by atoms with van der Waals surface area (Å²) in [6.45, 7) is 7.08. The van der Waals surface area contributed by atoms with Crippen LogP contribution in [0.4, 0.5) is 5.82 Å². The van der Waals surface area contributed by atoms with Crippen molar-refractivity contribution in [1.29, 1.82) is 0 Å². The molecule has 0 unspecified atom stereocenters. The second-order valence-electron chi connectivity index (χ2n) is 10.7. The molecule has 258 valence electrons. The van der Waals surface area contributed by atoms with Gasteiger partial charge < -0.3 is 44.9 Å². The largest absolute Gasteiger partial charge is 0.383 e. The number of H-pyrrole nitrogens is 1. The first-order valence-corrected chi connectivity index (χ1v) is 16.3. The van der Waals surface area contributed by atoms with Crippen molar-refractivity contribution >= 4 is 33.7 Å². The van der Waals surface area contributed by atoms with Crippen LogP contribution in [0.5, 0.6) is 0 Å². The van der Waals surface area contributed by atoms with Gasteiger partial charge in [-0.25, -0.2) is 19.6 Å². The highest BCUT2D eigenvalue weighted by Gasteiger charge is 2.17. The fourth-order valence-electron chi connectivity index (χ4n) is 4.81. The van der Waals surface area contributed by atoms with E-state index in [1.807, 2.05) is 23.0 Å². The van der Waals surface area contributed by atoms with E-state index in [9.17, 15) is 4.79 Å². The van der Waals surface area contributed by atoms with Gasteiger partial charge in [-0.3, -0.25) is 4.79 Å². The van der Waals surface area contributed by atoms with E-state index in [1.165, 1.54) is 6.33 Å². The average Bonchev–Trinajstić information content (AvgIpc) is 3.71. The van der Waals surface area contributed by atoms with Crippen molar-refractivity contribution in [2.45, 2.75) is 38.6 Å². The number of rotatable bonds is 27. The van der Waals surface area contributed by atoms with Gasteiger partial charge >= 0.3 is 0 Å². The number of hydrogen-bond donors (Lipinski definition) is 3. The van der Waals surface area contributed by atoms with Crippen molar-refractivity contribution in [3.63, 3.8) is 0 Å². The molecule has 0 aromatic carbocycles. The van der Waals surface area contributed by atoms with E-state index in [0.717, 1.165) is 41.2 Å². The van der Waals surface area contributed by atoms with Crippen LogP contribution in [0.15, 0.2) is 30.9 Å². The average molecular weight is 657 g/mol. The Morgan fingerprint density at radius 2 is 1.40 bits per heavy atom. The maximum absolute atomic E-state index is 12.3. The van der Waals surface area contributed by atoms with Crippen LogP contribution in [-0.4, -0.2) is 121 Å². The number of pyridine rings is 1. The number of aryl methyl sites for hydroxylation is 1. The Morgan fingerprint density at radius 1 is 0.766 bits per heavy atom. The normalized spacial score (nSPS) is 11.7. The molecule has 0 fully saturated rings. The highest BCUT2D eigenvalue weighted by molar-refractivity contribution is 5.99. The van der Waals surface area contributed by atoms with Crippen LogP contribution >= 0.6 is 0 Å². The van der Waals surface area contributed by atoms with Crippen LogP contribution in [0.3, 0.4) is 0 Å². The quantitative estimate of drug-likeness (QED) is 0.0793. The summed E-state index contributed by atoms with van der Waals surface area (Å²) in [6.07, 6.45) is 8.57. The lowest BCUT2D eigenvalue weighted by Gasteiger charge is -2.08. The van der Waals surface area contributed by atoms with Crippen molar-refractivity contribution < 1.29 is 33.2 Å². The molecule has 15 heteroatoms. The Kier molecular flexibility index (Phi) is 16.5. The Hall–Kier alpha value is -3.57. The zero-order chi connectivity index (χ0) is 32.9. The van der Waals surface area contributed by atoms with Crippen LogP contribution in [0, 0.1) is 0 Å². The molecule has 0 radical (unpaired) electrons. The van der Waals surface area contributed by atoms with Crippen molar-refractivity contribution in [3.05, 3.63) is 30.9 Å². The monoisotopic (exact) mass is 656 g/mol. The summed E-state index contributed by atoms with van der Waals surface area (Å²) in [6, 6.07) is 3.99. The number of hydrogen-bond acceptors (Lipinski definition) is 13. The molecular weight excluding hydrogens is 608 g/mol. The number of aromatic amines is 1. The van der Waals surface area contributed by atoms with E-state index in [1.54, 1.807) is 6.20 Å². The van der Waals surface area contributed by atoms with E-state index in [4.69, 9.17) is 45.0 Å². The highest BCUT2D eigenvalue weighted by Crippen LogP contribution is 2.31. The van der Waals surface area contributed by atoms with Crippen LogP contribution in [-0.2, 0) is 39.8 Å².